The summed E-state index contributed by atoms with van der Waals surface area (Å²) in [7, 11) is 0. The van der Waals surface area contributed by atoms with Gasteiger partial charge in [0, 0.05) is 18.7 Å². The quantitative estimate of drug-likeness (QED) is 0.711. The zero-order valence-corrected chi connectivity index (χ0v) is 14.7. The second-order valence-electron chi connectivity index (χ2n) is 6.23. The smallest absolute Gasteiger partial charge is 0.260 e. The van der Waals surface area contributed by atoms with E-state index in [0.29, 0.717) is 48.6 Å². The molecule has 138 valence electrons. The molecule has 2 aromatic carbocycles. The highest BCUT2D eigenvalue weighted by Crippen LogP contribution is 2.30. The number of nitrogens with zero attached hydrogens (tertiary/aromatic N) is 1. The monoisotopic (exact) mass is 365 g/mol. The van der Waals surface area contributed by atoms with Crippen LogP contribution in [0.1, 0.15) is 0 Å². The van der Waals surface area contributed by atoms with Crippen LogP contribution in [0.25, 0.3) is 22.3 Å². The Bertz CT molecular complexity index is 1010. The van der Waals surface area contributed by atoms with E-state index in [-0.39, 0.29) is 23.7 Å². The van der Waals surface area contributed by atoms with Gasteiger partial charge in [0.2, 0.25) is 11.2 Å². The van der Waals surface area contributed by atoms with Gasteiger partial charge in [-0.25, -0.2) is 0 Å². The first-order chi connectivity index (χ1) is 13.2. The molecule has 3 aromatic rings. The van der Waals surface area contributed by atoms with Gasteiger partial charge >= 0.3 is 0 Å². The van der Waals surface area contributed by atoms with Crippen molar-refractivity contribution in [2.45, 2.75) is 0 Å². The number of para-hydroxylation sites is 1. The summed E-state index contributed by atoms with van der Waals surface area (Å²) in [4.78, 5) is 27.1. The molecule has 6 nitrogen and oxygen atoms in total. The molecule has 2 heterocycles. The van der Waals surface area contributed by atoms with Crippen molar-refractivity contribution in [1.29, 1.82) is 0 Å². The number of benzene rings is 2. The van der Waals surface area contributed by atoms with Crippen LogP contribution < -0.4 is 10.2 Å². The lowest BCUT2D eigenvalue weighted by atomic mass is 10.1. The van der Waals surface area contributed by atoms with Crippen molar-refractivity contribution in [1.82, 2.24) is 4.90 Å². The number of hydrogen-bond acceptors (Lipinski definition) is 5. The fraction of sp³-hybridized carbons (Fsp3) is 0.238. The zero-order valence-electron chi connectivity index (χ0n) is 14.7. The van der Waals surface area contributed by atoms with Crippen LogP contribution in [-0.4, -0.2) is 43.7 Å². The second kappa shape index (κ2) is 7.63. The molecule has 1 amide bonds. The third-order valence-corrected chi connectivity index (χ3v) is 4.50. The van der Waals surface area contributed by atoms with Crippen LogP contribution in [-0.2, 0) is 9.53 Å². The summed E-state index contributed by atoms with van der Waals surface area (Å²) in [6.45, 7) is 1.86. The number of carbonyl (C=O) groups is 1. The van der Waals surface area contributed by atoms with E-state index in [2.05, 4.69) is 0 Å². The molecule has 0 N–H and O–H groups in total. The summed E-state index contributed by atoms with van der Waals surface area (Å²) in [6.07, 6.45) is 0. The lowest BCUT2D eigenvalue weighted by Gasteiger charge is -2.26. The maximum Gasteiger partial charge on any atom is 0.260 e. The van der Waals surface area contributed by atoms with Crippen LogP contribution in [0, 0.1) is 0 Å². The first-order valence-corrected chi connectivity index (χ1v) is 8.83. The SMILES string of the molecule is O=C(COc1c(-c2ccccc2)oc2ccccc2c1=O)N1CCOCC1. The lowest BCUT2D eigenvalue weighted by Crippen LogP contribution is -2.43. The van der Waals surface area contributed by atoms with Gasteiger partial charge in [-0.2, -0.15) is 0 Å². The van der Waals surface area contributed by atoms with Gasteiger partial charge < -0.3 is 18.8 Å². The summed E-state index contributed by atoms with van der Waals surface area (Å²) >= 11 is 0. The molecule has 27 heavy (non-hydrogen) atoms. The third kappa shape index (κ3) is 3.57. The first-order valence-electron chi connectivity index (χ1n) is 8.83. The molecule has 1 aromatic heterocycles. The summed E-state index contributed by atoms with van der Waals surface area (Å²) in [5.41, 5.74) is 0.910. The molecule has 1 fully saturated rings. The summed E-state index contributed by atoms with van der Waals surface area (Å²) < 4.78 is 16.9. The Morgan fingerprint density at radius 3 is 2.48 bits per heavy atom. The number of fused-ring (bicyclic) bond motifs is 1. The van der Waals surface area contributed by atoms with Crippen LogP contribution in [0.15, 0.2) is 63.8 Å². The van der Waals surface area contributed by atoms with Gasteiger partial charge in [0.25, 0.3) is 5.91 Å². The molecular weight excluding hydrogens is 346 g/mol. The standard InChI is InChI=1S/C21H19NO5/c23-18(22-10-12-25-13-11-22)14-26-21-19(24)16-8-4-5-9-17(16)27-20(21)15-6-2-1-3-7-15/h1-9H,10-14H2. The third-order valence-electron chi connectivity index (χ3n) is 4.50. The van der Waals surface area contributed by atoms with Crippen molar-refractivity contribution in [2.75, 3.05) is 32.9 Å². The molecule has 0 radical (unpaired) electrons. The Morgan fingerprint density at radius 2 is 1.70 bits per heavy atom. The van der Waals surface area contributed by atoms with Crippen molar-refractivity contribution in [2.24, 2.45) is 0 Å². The van der Waals surface area contributed by atoms with Crippen molar-refractivity contribution < 1.29 is 18.7 Å². The van der Waals surface area contributed by atoms with Gasteiger partial charge in [0.15, 0.2) is 12.4 Å². The Morgan fingerprint density at radius 1 is 1.00 bits per heavy atom. The van der Waals surface area contributed by atoms with Crippen LogP contribution in [0.5, 0.6) is 5.75 Å². The maximum absolute atomic E-state index is 13.0. The Kier molecular flexibility index (Phi) is 4.89. The molecule has 1 saturated heterocycles. The number of carbonyl (C=O) groups excluding carboxylic acids is 1. The van der Waals surface area contributed by atoms with E-state index >= 15 is 0 Å². The predicted molar refractivity (Wildman–Crippen MR) is 101 cm³/mol. The fourth-order valence-electron chi connectivity index (χ4n) is 3.07. The van der Waals surface area contributed by atoms with Gasteiger partial charge in [0.05, 0.1) is 18.6 Å². The largest absolute Gasteiger partial charge is 0.476 e. The van der Waals surface area contributed by atoms with Gasteiger partial charge in [-0.3, -0.25) is 9.59 Å². The van der Waals surface area contributed by atoms with Gasteiger partial charge in [-0.15, -0.1) is 0 Å². The molecule has 0 atom stereocenters. The molecular formula is C21H19NO5. The average Bonchev–Trinajstić information content (AvgIpc) is 2.74. The topological polar surface area (TPSA) is 69.0 Å². The van der Waals surface area contributed by atoms with Crippen molar-refractivity contribution in [3.63, 3.8) is 0 Å². The molecule has 0 aliphatic carbocycles. The van der Waals surface area contributed by atoms with Crippen LogP contribution in [0.4, 0.5) is 0 Å². The highest BCUT2D eigenvalue weighted by atomic mass is 16.5. The number of morpholine rings is 1. The predicted octanol–water partition coefficient (Wildman–Crippen LogP) is 2.70. The molecule has 1 aliphatic rings. The summed E-state index contributed by atoms with van der Waals surface area (Å²) in [6, 6.07) is 16.3. The number of hydrogen-bond donors (Lipinski definition) is 0. The van der Waals surface area contributed by atoms with Crippen molar-refractivity contribution in [3.8, 4) is 17.1 Å². The van der Waals surface area contributed by atoms with E-state index in [1.54, 1.807) is 23.1 Å². The minimum absolute atomic E-state index is 0.0570. The minimum atomic E-state index is -0.287. The molecule has 0 unspecified atom stereocenters. The summed E-state index contributed by atoms with van der Waals surface area (Å²) in [5, 5.41) is 0.422. The van der Waals surface area contributed by atoms with Gasteiger partial charge in [-0.05, 0) is 12.1 Å². The number of amides is 1. The zero-order chi connectivity index (χ0) is 18.6. The normalized spacial score (nSPS) is 14.3. The Balaban J connectivity index is 1.70. The molecule has 0 spiro atoms. The van der Waals surface area contributed by atoms with Crippen molar-refractivity contribution in [3.05, 3.63) is 64.8 Å². The van der Waals surface area contributed by atoms with Crippen LogP contribution in [0.2, 0.25) is 0 Å². The number of ether oxygens (including phenoxy) is 2. The molecule has 0 bridgehead atoms. The second-order valence-corrected chi connectivity index (χ2v) is 6.23. The van der Waals surface area contributed by atoms with Crippen LogP contribution in [0.3, 0.4) is 0 Å². The Labute approximate surface area is 155 Å². The van der Waals surface area contributed by atoms with E-state index in [9.17, 15) is 9.59 Å². The average molecular weight is 365 g/mol. The highest BCUT2D eigenvalue weighted by Gasteiger charge is 2.21. The molecule has 0 saturated carbocycles. The highest BCUT2D eigenvalue weighted by molar-refractivity contribution is 5.83. The molecule has 1 aliphatic heterocycles. The molecule has 6 heteroatoms. The van der Waals surface area contributed by atoms with Gasteiger partial charge in [0.1, 0.15) is 5.58 Å². The van der Waals surface area contributed by atoms with E-state index < -0.39 is 0 Å². The van der Waals surface area contributed by atoms with E-state index in [0.717, 1.165) is 0 Å². The first kappa shape index (κ1) is 17.3. The van der Waals surface area contributed by atoms with E-state index in [1.165, 1.54) is 0 Å². The maximum atomic E-state index is 13.0. The fourth-order valence-corrected chi connectivity index (χ4v) is 3.07. The van der Waals surface area contributed by atoms with E-state index in [1.807, 2.05) is 36.4 Å². The lowest BCUT2D eigenvalue weighted by molar-refractivity contribution is -0.137. The number of rotatable bonds is 4. The Hall–Kier alpha value is -3.12. The minimum Gasteiger partial charge on any atom is -0.476 e. The van der Waals surface area contributed by atoms with Crippen LogP contribution >= 0.6 is 0 Å². The van der Waals surface area contributed by atoms with E-state index in [4.69, 9.17) is 13.9 Å². The summed E-state index contributed by atoms with van der Waals surface area (Å²) in [5.74, 6) is 0.209. The van der Waals surface area contributed by atoms with Gasteiger partial charge in [-0.1, -0.05) is 42.5 Å². The molecule has 4 rings (SSSR count). The van der Waals surface area contributed by atoms with Crippen molar-refractivity contribution >= 4 is 16.9 Å².